The number of hydrogen-bond acceptors (Lipinski definition) is 5. The molecule has 0 aliphatic heterocycles. The highest BCUT2D eigenvalue weighted by Gasteiger charge is 1.93. The lowest BCUT2D eigenvalue weighted by Crippen LogP contribution is -1.80. The summed E-state index contributed by atoms with van der Waals surface area (Å²) >= 11 is 0. The van der Waals surface area contributed by atoms with Crippen molar-refractivity contribution >= 4 is 22.7 Å². The molecule has 0 saturated carbocycles. The van der Waals surface area contributed by atoms with Gasteiger partial charge in [0.05, 0.1) is 11.4 Å². The molecule has 0 fully saturated rings. The Hall–Kier alpha value is -2.56. The summed E-state index contributed by atoms with van der Waals surface area (Å²) in [6.07, 6.45) is 0. The van der Waals surface area contributed by atoms with Gasteiger partial charge in [0.1, 0.15) is 5.69 Å². The lowest BCUT2D eigenvalue weighted by atomic mass is 10.3. The normalized spacial score (nSPS) is 10.6. The van der Waals surface area contributed by atoms with Crippen LogP contribution in [0.3, 0.4) is 0 Å². The van der Waals surface area contributed by atoms with E-state index in [1.807, 2.05) is 0 Å². The molecule has 0 aliphatic rings. The van der Waals surface area contributed by atoms with Gasteiger partial charge in [0.2, 0.25) is 0 Å². The van der Waals surface area contributed by atoms with Crippen LogP contribution in [0.4, 0.5) is 22.7 Å². The lowest BCUT2D eigenvalue weighted by Gasteiger charge is -1.94. The summed E-state index contributed by atoms with van der Waals surface area (Å²) in [4.78, 5) is 10.2. The molecular weight excluding hydrogens is 216 g/mol. The standard InChI is InChI=1S/C12H10N4O/c13-9-1-3-10(4-2-9)14-15-11-5-7-12(16-17)8-6-11/h1-8H,13H2/b15-14+. The summed E-state index contributed by atoms with van der Waals surface area (Å²) < 4.78 is 0. The van der Waals surface area contributed by atoms with E-state index in [1.54, 1.807) is 48.5 Å². The average molecular weight is 226 g/mol. The van der Waals surface area contributed by atoms with E-state index in [1.165, 1.54) is 0 Å². The van der Waals surface area contributed by atoms with Crippen molar-refractivity contribution in [2.45, 2.75) is 0 Å². The molecule has 5 heteroatoms. The number of anilines is 1. The molecule has 2 N–H and O–H groups in total. The van der Waals surface area contributed by atoms with Crippen LogP contribution in [-0.2, 0) is 0 Å². The van der Waals surface area contributed by atoms with E-state index in [9.17, 15) is 4.91 Å². The van der Waals surface area contributed by atoms with Crippen molar-refractivity contribution < 1.29 is 0 Å². The average Bonchev–Trinajstić information content (AvgIpc) is 2.39. The number of azo groups is 1. The Morgan fingerprint density at radius 2 is 1.12 bits per heavy atom. The minimum absolute atomic E-state index is 0.372. The van der Waals surface area contributed by atoms with Crippen LogP contribution >= 0.6 is 0 Å². The van der Waals surface area contributed by atoms with Crippen LogP contribution < -0.4 is 5.73 Å². The molecule has 84 valence electrons. The van der Waals surface area contributed by atoms with Gasteiger partial charge in [0.25, 0.3) is 0 Å². The summed E-state index contributed by atoms with van der Waals surface area (Å²) in [5.74, 6) is 0. The zero-order valence-electron chi connectivity index (χ0n) is 8.95. The maximum Gasteiger partial charge on any atom is 0.108 e. The topological polar surface area (TPSA) is 80.2 Å². The Morgan fingerprint density at radius 3 is 1.59 bits per heavy atom. The molecule has 2 rings (SSSR count). The Morgan fingerprint density at radius 1 is 0.706 bits per heavy atom. The maximum absolute atomic E-state index is 10.2. The van der Waals surface area contributed by atoms with E-state index in [0.29, 0.717) is 17.1 Å². The van der Waals surface area contributed by atoms with Crippen molar-refractivity contribution in [3.63, 3.8) is 0 Å². The molecule has 0 atom stereocenters. The molecule has 0 unspecified atom stereocenters. The summed E-state index contributed by atoms with van der Waals surface area (Å²) in [6.45, 7) is 0. The number of hydrogen-bond donors (Lipinski definition) is 1. The molecule has 0 saturated heterocycles. The fourth-order valence-electron chi connectivity index (χ4n) is 1.24. The molecular formula is C12H10N4O. The number of benzene rings is 2. The van der Waals surface area contributed by atoms with Crippen LogP contribution in [0.1, 0.15) is 0 Å². The third kappa shape index (κ3) is 2.94. The fourth-order valence-corrected chi connectivity index (χ4v) is 1.24. The van der Waals surface area contributed by atoms with Crippen LogP contribution in [-0.4, -0.2) is 0 Å². The first-order valence-electron chi connectivity index (χ1n) is 4.98. The molecule has 2 aromatic rings. The summed E-state index contributed by atoms with van der Waals surface area (Å²) in [7, 11) is 0. The van der Waals surface area contributed by atoms with Gasteiger partial charge in [-0.1, -0.05) is 0 Å². The Bertz CT molecular complexity index is 531. The highest BCUT2D eigenvalue weighted by atomic mass is 16.3. The molecule has 0 radical (unpaired) electrons. The SMILES string of the molecule is Nc1ccc(/N=N/c2ccc(N=O)cc2)cc1. The molecule has 0 heterocycles. The van der Waals surface area contributed by atoms with Gasteiger partial charge in [-0.2, -0.15) is 10.2 Å². The van der Waals surface area contributed by atoms with Crippen LogP contribution in [0.25, 0.3) is 0 Å². The van der Waals surface area contributed by atoms with E-state index in [2.05, 4.69) is 15.4 Å². The molecule has 0 aromatic heterocycles. The zero-order valence-corrected chi connectivity index (χ0v) is 8.95. The number of nitroso groups, excluding NO2 is 1. The van der Waals surface area contributed by atoms with Gasteiger partial charge in [-0.05, 0) is 53.7 Å². The van der Waals surface area contributed by atoms with Crippen LogP contribution in [0.5, 0.6) is 0 Å². The second-order valence-electron chi connectivity index (χ2n) is 3.40. The highest BCUT2D eigenvalue weighted by molar-refractivity contribution is 5.49. The minimum atomic E-state index is 0.372. The van der Waals surface area contributed by atoms with Crippen molar-refractivity contribution in [3.8, 4) is 0 Å². The van der Waals surface area contributed by atoms with Gasteiger partial charge in [0, 0.05) is 5.69 Å². The Balaban J connectivity index is 2.14. The summed E-state index contributed by atoms with van der Waals surface area (Å²) in [5.41, 5.74) is 7.99. The van der Waals surface area contributed by atoms with Gasteiger partial charge < -0.3 is 5.73 Å². The maximum atomic E-state index is 10.2. The third-order valence-corrected chi connectivity index (χ3v) is 2.13. The molecule has 2 aromatic carbocycles. The molecule has 5 nitrogen and oxygen atoms in total. The van der Waals surface area contributed by atoms with Gasteiger partial charge in [-0.3, -0.25) is 0 Å². The summed E-state index contributed by atoms with van der Waals surface area (Å²) in [6, 6.07) is 13.6. The lowest BCUT2D eigenvalue weighted by molar-refractivity contribution is 1.23. The number of nitrogens with two attached hydrogens (primary N) is 1. The molecule has 0 aliphatic carbocycles. The molecule has 0 spiro atoms. The zero-order chi connectivity index (χ0) is 12.1. The predicted octanol–water partition coefficient (Wildman–Crippen LogP) is 4.08. The quantitative estimate of drug-likeness (QED) is 0.486. The van der Waals surface area contributed by atoms with Crippen molar-refractivity contribution in [2.24, 2.45) is 15.4 Å². The predicted molar refractivity (Wildman–Crippen MR) is 66.9 cm³/mol. The van der Waals surface area contributed by atoms with Crippen molar-refractivity contribution in [1.29, 1.82) is 0 Å². The molecule has 0 bridgehead atoms. The van der Waals surface area contributed by atoms with E-state index < -0.39 is 0 Å². The third-order valence-electron chi connectivity index (χ3n) is 2.13. The van der Waals surface area contributed by atoms with Crippen molar-refractivity contribution in [3.05, 3.63) is 53.4 Å². The minimum Gasteiger partial charge on any atom is -0.399 e. The Kier molecular flexibility index (Phi) is 3.20. The molecule has 17 heavy (non-hydrogen) atoms. The highest BCUT2D eigenvalue weighted by Crippen LogP contribution is 2.21. The van der Waals surface area contributed by atoms with Crippen LogP contribution in [0.15, 0.2) is 63.9 Å². The number of nitrogen functional groups attached to an aromatic ring is 1. The van der Waals surface area contributed by atoms with Crippen molar-refractivity contribution in [1.82, 2.24) is 0 Å². The number of rotatable bonds is 3. The van der Waals surface area contributed by atoms with Gasteiger partial charge >= 0.3 is 0 Å². The second kappa shape index (κ2) is 4.98. The molecule has 0 amide bonds. The van der Waals surface area contributed by atoms with Gasteiger partial charge in [-0.15, -0.1) is 4.91 Å². The summed E-state index contributed by atoms with van der Waals surface area (Å²) in [5, 5.41) is 10.9. The van der Waals surface area contributed by atoms with Crippen LogP contribution in [0, 0.1) is 4.91 Å². The van der Waals surface area contributed by atoms with E-state index >= 15 is 0 Å². The first-order valence-corrected chi connectivity index (χ1v) is 4.98. The fraction of sp³-hybridized carbons (Fsp3) is 0. The van der Waals surface area contributed by atoms with E-state index in [4.69, 9.17) is 5.73 Å². The van der Waals surface area contributed by atoms with Gasteiger partial charge in [-0.25, -0.2) is 0 Å². The monoisotopic (exact) mass is 226 g/mol. The smallest absolute Gasteiger partial charge is 0.108 e. The Labute approximate surface area is 98.0 Å². The van der Waals surface area contributed by atoms with E-state index in [-0.39, 0.29) is 0 Å². The number of nitrogens with zero attached hydrogens (tertiary/aromatic N) is 3. The van der Waals surface area contributed by atoms with E-state index in [0.717, 1.165) is 5.69 Å². The van der Waals surface area contributed by atoms with Crippen LogP contribution in [0.2, 0.25) is 0 Å². The largest absolute Gasteiger partial charge is 0.399 e. The van der Waals surface area contributed by atoms with Gasteiger partial charge in [0.15, 0.2) is 0 Å². The first-order chi connectivity index (χ1) is 8.28. The second-order valence-corrected chi connectivity index (χ2v) is 3.40. The van der Waals surface area contributed by atoms with Crippen molar-refractivity contribution in [2.75, 3.05) is 5.73 Å². The first kappa shape index (κ1) is 10.9.